The van der Waals surface area contributed by atoms with Crippen LogP contribution < -0.4 is 9.80 Å². The van der Waals surface area contributed by atoms with E-state index in [0.717, 1.165) is 0 Å². The number of carbonyl (C=O) groups is 2. The Morgan fingerprint density at radius 3 is 2.69 bits per heavy atom. The van der Waals surface area contributed by atoms with Crippen LogP contribution in [0.3, 0.4) is 0 Å². The minimum Gasteiger partial charge on any atom is -0.442 e. The quantitative estimate of drug-likeness (QED) is 0.817. The summed E-state index contributed by atoms with van der Waals surface area (Å²) in [6, 6.07) is 4.76. The van der Waals surface area contributed by atoms with Crippen LogP contribution in [-0.4, -0.2) is 62.4 Å². The van der Waals surface area contributed by atoms with Crippen LogP contribution in [0.1, 0.15) is 6.42 Å². The first-order chi connectivity index (χ1) is 12.6. The molecule has 0 unspecified atom stereocenters. The Morgan fingerprint density at radius 1 is 1.19 bits per heavy atom. The summed E-state index contributed by atoms with van der Waals surface area (Å²) in [7, 11) is 0. The van der Waals surface area contributed by atoms with Crippen LogP contribution in [0.25, 0.3) is 0 Å². The number of hydrogen-bond acceptors (Lipinski definition) is 5. The lowest BCUT2D eigenvalue weighted by Gasteiger charge is -2.29. The fourth-order valence-electron chi connectivity index (χ4n) is 3.42. The normalized spacial score (nSPS) is 23.1. The molecule has 2 saturated heterocycles. The molecule has 4 rings (SSSR count). The number of halogens is 1. The maximum absolute atomic E-state index is 14.6. The van der Waals surface area contributed by atoms with Gasteiger partial charge in [-0.1, -0.05) is 6.08 Å². The highest BCUT2D eigenvalue weighted by Gasteiger charge is 2.35. The van der Waals surface area contributed by atoms with Gasteiger partial charge >= 0.3 is 6.09 Å². The summed E-state index contributed by atoms with van der Waals surface area (Å²) in [4.78, 5) is 28.7. The number of benzene rings is 1. The van der Waals surface area contributed by atoms with Crippen LogP contribution in [0.5, 0.6) is 0 Å². The summed E-state index contributed by atoms with van der Waals surface area (Å²) in [5.41, 5.74) is 0.962. The Balaban J connectivity index is 1.45. The lowest BCUT2D eigenvalue weighted by Crippen LogP contribution is -2.36. The second-order valence-electron chi connectivity index (χ2n) is 6.49. The van der Waals surface area contributed by atoms with Crippen molar-refractivity contribution < 1.29 is 23.5 Å². The summed E-state index contributed by atoms with van der Waals surface area (Å²) < 4.78 is 25.2. The van der Waals surface area contributed by atoms with Gasteiger partial charge in [0.1, 0.15) is 11.9 Å². The van der Waals surface area contributed by atoms with Gasteiger partial charge in [0.15, 0.2) is 0 Å². The maximum Gasteiger partial charge on any atom is 0.414 e. The SMILES string of the molecule is O=C1CC=CN1C[C@H]1CN(c2ccc(N3CCOCC3)c(F)c2)C(=O)O1. The van der Waals surface area contributed by atoms with Crippen molar-refractivity contribution in [2.75, 3.05) is 49.2 Å². The minimum absolute atomic E-state index is 0.0135. The average molecular weight is 361 g/mol. The highest BCUT2D eigenvalue weighted by Crippen LogP contribution is 2.28. The molecular weight excluding hydrogens is 341 g/mol. The molecule has 0 radical (unpaired) electrons. The molecule has 138 valence electrons. The van der Waals surface area contributed by atoms with Gasteiger partial charge in [-0.05, 0) is 18.2 Å². The molecule has 8 heteroatoms. The first-order valence-electron chi connectivity index (χ1n) is 8.68. The van der Waals surface area contributed by atoms with E-state index in [-0.39, 0.29) is 18.3 Å². The molecule has 3 aliphatic rings. The highest BCUT2D eigenvalue weighted by molar-refractivity contribution is 5.90. The van der Waals surface area contributed by atoms with E-state index in [0.29, 0.717) is 50.6 Å². The molecule has 7 nitrogen and oxygen atoms in total. The zero-order valence-corrected chi connectivity index (χ0v) is 14.3. The van der Waals surface area contributed by atoms with E-state index < -0.39 is 12.2 Å². The topological polar surface area (TPSA) is 62.3 Å². The van der Waals surface area contributed by atoms with Crippen LogP contribution in [-0.2, 0) is 14.3 Å². The molecule has 2 amide bonds. The molecular formula is C18H20FN3O4. The molecule has 0 N–H and O–H groups in total. The summed E-state index contributed by atoms with van der Waals surface area (Å²) in [5, 5.41) is 0. The first kappa shape index (κ1) is 16.8. The Hall–Kier alpha value is -2.61. The lowest BCUT2D eigenvalue weighted by atomic mass is 10.2. The van der Waals surface area contributed by atoms with Crippen LogP contribution in [0, 0.1) is 5.82 Å². The van der Waals surface area contributed by atoms with E-state index in [4.69, 9.17) is 9.47 Å². The highest BCUT2D eigenvalue weighted by atomic mass is 19.1. The van der Waals surface area contributed by atoms with E-state index >= 15 is 0 Å². The van der Waals surface area contributed by atoms with Crippen molar-refractivity contribution in [2.45, 2.75) is 12.5 Å². The molecule has 1 atom stereocenters. The van der Waals surface area contributed by atoms with E-state index in [1.807, 2.05) is 4.90 Å². The van der Waals surface area contributed by atoms with E-state index in [2.05, 4.69) is 0 Å². The molecule has 1 aromatic carbocycles. The molecule has 0 aromatic heterocycles. The van der Waals surface area contributed by atoms with Crippen LogP contribution in [0.2, 0.25) is 0 Å². The van der Waals surface area contributed by atoms with Crippen molar-refractivity contribution in [1.82, 2.24) is 4.90 Å². The molecule has 3 heterocycles. The number of rotatable bonds is 4. The van der Waals surface area contributed by atoms with Crippen molar-refractivity contribution in [1.29, 1.82) is 0 Å². The fourth-order valence-corrected chi connectivity index (χ4v) is 3.42. The van der Waals surface area contributed by atoms with Crippen molar-refractivity contribution in [2.24, 2.45) is 0 Å². The minimum atomic E-state index is -0.524. The summed E-state index contributed by atoms with van der Waals surface area (Å²) in [6.07, 6.45) is 2.89. The largest absolute Gasteiger partial charge is 0.442 e. The van der Waals surface area contributed by atoms with Crippen molar-refractivity contribution in [3.05, 3.63) is 36.3 Å². The van der Waals surface area contributed by atoms with Crippen molar-refractivity contribution in [3.63, 3.8) is 0 Å². The van der Waals surface area contributed by atoms with Gasteiger partial charge in [0.2, 0.25) is 5.91 Å². The van der Waals surface area contributed by atoms with Gasteiger partial charge in [-0.2, -0.15) is 0 Å². The predicted octanol–water partition coefficient (Wildman–Crippen LogP) is 1.73. The van der Waals surface area contributed by atoms with Gasteiger partial charge < -0.3 is 19.3 Å². The standard InChI is InChI=1S/C18H20FN3O4/c19-15-10-13(3-4-16(15)20-6-8-25-9-7-20)22-12-14(26-18(22)24)11-21-5-1-2-17(21)23/h1,3-5,10,14H,2,6-9,11-12H2/t14-/m0/s1. The third-order valence-corrected chi connectivity index (χ3v) is 4.77. The Morgan fingerprint density at radius 2 is 2.00 bits per heavy atom. The number of cyclic esters (lactones) is 1. The Labute approximate surface area is 150 Å². The van der Waals surface area contributed by atoms with Crippen LogP contribution in [0.4, 0.5) is 20.6 Å². The van der Waals surface area contributed by atoms with E-state index in [1.165, 1.54) is 11.0 Å². The number of hydrogen-bond donors (Lipinski definition) is 0. The first-order valence-corrected chi connectivity index (χ1v) is 8.68. The number of morpholine rings is 1. The number of anilines is 2. The lowest BCUT2D eigenvalue weighted by molar-refractivity contribution is -0.127. The van der Waals surface area contributed by atoms with Gasteiger partial charge in [0.05, 0.1) is 37.7 Å². The fraction of sp³-hybridized carbons (Fsp3) is 0.444. The third kappa shape index (κ3) is 3.24. The molecule has 26 heavy (non-hydrogen) atoms. The number of carbonyl (C=O) groups excluding carboxylic acids is 2. The molecule has 2 fully saturated rings. The number of nitrogens with zero attached hydrogens (tertiary/aromatic N) is 3. The number of amides is 2. The molecule has 0 spiro atoms. The second-order valence-corrected chi connectivity index (χ2v) is 6.49. The second kappa shape index (κ2) is 6.95. The molecule has 0 bridgehead atoms. The summed E-state index contributed by atoms with van der Waals surface area (Å²) in [6.45, 7) is 3.03. The van der Waals surface area contributed by atoms with Gasteiger partial charge in [-0.15, -0.1) is 0 Å². The molecule has 3 aliphatic heterocycles. The van der Waals surface area contributed by atoms with Gasteiger partial charge in [0.25, 0.3) is 0 Å². The average Bonchev–Trinajstić information content (AvgIpc) is 3.21. The summed E-state index contributed by atoms with van der Waals surface area (Å²) >= 11 is 0. The third-order valence-electron chi connectivity index (χ3n) is 4.77. The monoisotopic (exact) mass is 361 g/mol. The Bertz CT molecular complexity index is 748. The van der Waals surface area contributed by atoms with Crippen LogP contribution >= 0.6 is 0 Å². The van der Waals surface area contributed by atoms with Crippen molar-refractivity contribution in [3.8, 4) is 0 Å². The number of ether oxygens (including phenoxy) is 2. The molecule has 0 saturated carbocycles. The van der Waals surface area contributed by atoms with Gasteiger partial charge in [-0.3, -0.25) is 9.69 Å². The maximum atomic E-state index is 14.6. The van der Waals surface area contributed by atoms with E-state index in [1.54, 1.807) is 29.3 Å². The van der Waals surface area contributed by atoms with E-state index in [9.17, 15) is 14.0 Å². The van der Waals surface area contributed by atoms with Gasteiger partial charge in [-0.25, -0.2) is 9.18 Å². The molecule has 1 aromatic rings. The zero-order valence-electron chi connectivity index (χ0n) is 14.3. The zero-order chi connectivity index (χ0) is 18.1. The summed E-state index contributed by atoms with van der Waals surface area (Å²) in [5.74, 6) is -0.390. The van der Waals surface area contributed by atoms with Crippen LogP contribution in [0.15, 0.2) is 30.5 Å². The Kier molecular flexibility index (Phi) is 4.50. The predicted molar refractivity (Wildman–Crippen MR) is 92.5 cm³/mol. The van der Waals surface area contributed by atoms with Crippen molar-refractivity contribution >= 4 is 23.4 Å². The molecule has 0 aliphatic carbocycles. The smallest absolute Gasteiger partial charge is 0.414 e. The van der Waals surface area contributed by atoms with Gasteiger partial charge in [0, 0.05) is 25.7 Å².